The predicted octanol–water partition coefficient (Wildman–Crippen LogP) is 1.87. The highest BCUT2D eigenvalue weighted by Gasteiger charge is 2.17. The van der Waals surface area contributed by atoms with Crippen LogP contribution in [0.15, 0.2) is 12.1 Å². The van der Waals surface area contributed by atoms with Crippen molar-refractivity contribution < 1.29 is 10.2 Å². The molecule has 2 rings (SSSR count). The molecule has 1 saturated heterocycles. The molecule has 0 atom stereocenters. The molecule has 1 heterocycles. The summed E-state index contributed by atoms with van der Waals surface area (Å²) in [6, 6.07) is 3.67. The van der Waals surface area contributed by atoms with E-state index in [0.717, 1.165) is 37.1 Å². The molecule has 3 heteroatoms. The summed E-state index contributed by atoms with van der Waals surface area (Å²) in [6.45, 7) is 3.89. The van der Waals surface area contributed by atoms with Crippen LogP contribution in [0.2, 0.25) is 0 Å². The molecule has 0 spiro atoms. The third-order valence-electron chi connectivity index (χ3n) is 3.11. The van der Waals surface area contributed by atoms with Crippen LogP contribution in [0.4, 0.5) is 0 Å². The third-order valence-corrected chi connectivity index (χ3v) is 3.11. The molecule has 0 aromatic heterocycles. The van der Waals surface area contributed by atoms with Crippen molar-refractivity contribution in [2.24, 2.45) is 0 Å². The van der Waals surface area contributed by atoms with E-state index in [9.17, 15) is 10.2 Å². The van der Waals surface area contributed by atoms with Gasteiger partial charge in [-0.2, -0.15) is 0 Å². The zero-order valence-electron chi connectivity index (χ0n) is 8.95. The van der Waals surface area contributed by atoms with Gasteiger partial charge >= 0.3 is 0 Å². The van der Waals surface area contributed by atoms with Crippen LogP contribution in [0.1, 0.15) is 29.9 Å². The summed E-state index contributed by atoms with van der Waals surface area (Å²) >= 11 is 0. The van der Waals surface area contributed by atoms with E-state index in [1.807, 2.05) is 13.0 Å². The number of phenols is 2. The number of aromatic hydroxyl groups is 2. The minimum Gasteiger partial charge on any atom is -0.504 e. The van der Waals surface area contributed by atoms with Gasteiger partial charge in [0.15, 0.2) is 11.5 Å². The predicted molar refractivity (Wildman–Crippen MR) is 59.4 cm³/mol. The Bertz CT molecular complexity index is 334. The fraction of sp³-hybridized carbons (Fsp3) is 0.500. The van der Waals surface area contributed by atoms with Gasteiger partial charge in [-0.05, 0) is 56.0 Å². The molecule has 0 amide bonds. The van der Waals surface area contributed by atoms with Crippen molar-refractivity contribution in [3.05, 3.63) is 23.3 Å². The second-order valence-corrected chi connectivity index (χ2v) is 4.23. The van der Waals surface area contributed by atoms with Crippen LogP contribution < -0.4 is 5.32 Å². The number of phenolic OH excluding ortho intramolecular Hbond substituents is 2. The van der Waals surface area contributed by atoms with E-state index >= 15 is 0 Å². The first kappa shape index (κ1) is 10.3. The van der Waals surface area contributed by atoms with Crippen LogP contribution in [-0.4, -0.2) is 23.3 Å². The molecule has 1 aromatic rings. The molecule has 15 heavy (non-hydrogen) atoms. The van der Waals surface area contributed by atoms with Crippen molar-refractivity contribution in [2.45, 2.75) is 25.7 Å². The quantitative estimate of drug-likeness (QED) is 0.616. The first-order valence-electron chi connectivity index (χ1n) is 5.41. The highest BCUT2D eigenvalue weighted by atomic mass is 16.3. The van der Waals surface area contributed by atoms with Crippen LogP contribution in [0.3, 0.4) is 0 Å². The monoisotopic (exact) mass is 207 g/mol. The topological polar surface area (TPSA) is 52.5 Å². The first-order valence-corrected chi connectivity index (χ1v) is 5.41. The van der Waals surface area contributed by atoms with Gasteiger partial charge in [0.2, 0.25) is 0 Å². The number of piperidine rings is 1. The van der Waals surface area contributed by atoms with E-state index in [4.69, 9.17) is 0 Å². The molecule has 0 unspecified atom stereocenters. The summed E-state index contributed by atoms with van der Waals surface area (Å²) in [5, 5.41) is 22.3. The van der Waals surface area contributed by atoms with Gasteiger partial charge in [0.25, 0.3) is 0 Å². The fourth-order valence-corrected chi connectivity index (χ4v) is 2.18. The molecular formula is C12H17NO2. The second kappa shape index (κ2) is 4.11. The highest BCUT2D eigenvalue weighted by Crippen LogP contribution is 2.35. The van der Waals surface area contributed by atoms with Crippen molar-refractivity contribution in [1.29, 1.82) is 0 Å². The molecule has 3 N–H and O–H groups in total. The van der Waals surface area contributed by atoms with Gasteiger partial charge in [0.1, 0.15) is 0 Å². The van der Waals surface area contributed by atoms with Gasteiger partial charge in [-0.25, -0.2) is 0 Å². The van der Waals surface area contributed by atoms with Crippen LogP contribution in [0.5, 0.6) is 11.5 Å². The zero-order chi connectivity index (χ0) is 10.8. The maximum atomic E-state index is 9.55. The first-order chi connectivity index (χ1) is 7.18. The van der Waals surface area contributed by atoms with E-state index in [1.54, 1.807) is 6.07 Å². The Morgan fingerprint density at radius 2 is 1.87 bits per heavy atom. The average Bonchev–Trinajstić information content (AvgIpc) is 2.26. The largest absolute Gasteiger partial charge is 0.504 e. The van der Waals surface area contributed by atoms with Gasteiger partial charge in [0.05, 0.1) is 0 Å². The summed E-state index contributed by atoms with van der Waals surface area (Å²) in [5.74, 6) is 0.521. The molecule has 0 saturated carbocycles. The second-order valence-electron chi connectivity index (χ2n) is 4.23. The lowest BCUT2D eigenvalue weighted by Gasteiger charge is -2.23. The van der Waals surface area contributed by atoms with Crippen LogP contribution in [0.25, 0.3) is 0 Å². The van der Waals surface area contributed by atoms with E-state index in [2.05, 4.69) is 5.32 Å². The standard InChI is InChI=1S/C12H17NO2/c1-8-6-10(7-11(14)12(8)15)9-2-4-13-5-3-9/h6-7,9,13-15H,2-5H2,1H3. The van der Waals surface area contributed by atoms with E-state index < -0.39 is 0 Å². The van der Waals surface area contributed by atoms with Gasteiger partial charge in [0, 0.05) is 0 Å². The summed E-state index contributed by atoms with van der Waals surface area (Å²) < 4.78 is 0. The van der Waals surface area contributed by atoms with Crippen molar-refractivity contribution >= 4 is 0 Å². The van der Waals surface area contributed by atoms with Crippen LogP contribution in [-0.2, 0) is 0 Å². The van der Waals surface area contributed by atoms with Crippen molar-refractivity contribution in [2.75, 3.05) is 13.1 Å². The lowest BCUT2D eigenvalue weighted by Crippen LogP contribution is -2.26. The molecule has 3 nitrogen and oxygen atoms in total. The number of hydrogen-bond acceptors (Lipinski definition) is 3. The van der Waals surface area contributed by atoms with Crippen molar-refractivity contribution in [1.82, 2.24) is 5.32 Å². The molecule has 82 valence electrons. The lowest BCUT2D eigenvalue weighted by atomic mass is 9.89. The van der Waals surface area contributed by atoms with Gasteiger partial charge in [-0.15, -0.1) is 0 Å². The van der Waals surface area contributed by atoms with Crippen LogP contribution >= 0.6 is 0 Å². The van der Waals surface area contributed by atoms with Gasteiger partial charge < -0.3 is 15.5 Å². The highest BCUT2D eigenvalue weighted by molar-refractivity contribution is 5.47. The Morgan fingerprint density at radius 3 is 2.47 bits per heavy atom. The summed E-state index contributed by atoms with van der Waals surface area (Å²) in [4.78, 5) is 0. The number of benzene rings is 1. The molecule has 1 aliphatic rings. The summed E-state index contributed by atoms with van der Waals surface area (Å²) in [7, 11) is 0. The van der Waals surface area contributed by atoms with Gasteiger partial charge in [-0.1, -0.05) is 6.07 Å². The Kier molecular flexibility index (Phi) is 2.82. The number of rotatable bonds is 1. The molecular weight excluding hydrogens is 190 g/mol. The van der Waals surface area contributed by atoms with E-state index in [-0.39, 0.29) is 11.5 Å². The minimum absolute atomic E-state index is 0.00327. The maximum absolute atomic E-state index is 9.55. The van der Waals surface area contributed by atoms with Crippen molar-refractivity contribution in [3.63, 3.8) is 0 Å². The number of hydrogen-bond donors (Lipinski definition) is 3. The molecule has 1 aliphatic heterocycles. The zero-order valence-corrected chi connectivity index (χ0v) is 8.95. The molecule has 0 bridgehead atoms. The summed E-state index contributed by atoms with van der Waals surface area (Å²) in [6.07, 6.45) is 2.20. The van der Waals surface area contributed by atoms with E-state index in [1.165, 1.54) is 0 Å². The minimum atomic E-state index is 0.00327. The Hall–Kier alpha value is -1.22. The Morgan fingerprint density at radius 1 is 1.20 bits per heavy atom. The normalized spacial score (nSPS) is 17.9. The van der Waals surface area contributed by atoms with E-state index in [0.29, 0.717) is 5.92 Å². The Balaban J connectivity index is 2.27. The van der Waals surface area contributed by atoms with Crippen molar-refractivity contribution in [3.8, 4) is 11.5 Å². The fourth-order valence-electron chi connectivity index (χ4n) is 2.18. The molecule has 0 aliphatic carbocycles. The number of aryl methyl sites for hydroxylation is 1. The molecule has 1 aromatic carbocycles. The summed E-state index contributed by atoms with van der Waals surface area (Å²) in [5.41, 5.74) is 1.90. The molecule has 0 radical (unpaired) electrons. The SMILES string of the molecule is Cc1cc(C2CCNCC2)cc(O)c1O. The lowest BCUT2D eigenvalue weighted by molar-refractivity contribution is 0.397. The van der Waals surface area contributed by atoms with Gasteiger partial charge in [-0.3, -0.25) is 0 Å². The molecule has 1 fully saturated rings. The Labute approximate surface area is 89.8 Å². The number of nitrogens with one attached hydrogen (secondary N) is 1. The average molecular weight is 207 g/mol. The van der Waals surface area contributed by atoms with Crippen LogP contribution in [0, 0.1) is 6.92 Å². The maximum Gasteiger partial charge on any atom is 0.160 e. The smallest absolute Gasteiger partial charge is 0.160 e. The third kappa shape index (κ3) is 2.07.